The summed E-state index contributed by atoms with van der Waals surface area (Å²) < 4.78 is 4.69. The van der Waals surface area contributed by atoms with Crippen LogP contribution in [0.3, 0.4) is 0 Å². The van der Waals surface area contributed by atoms with Gasteiger partial charge in [0.1, 0.15) is 6.04 Å². The second kappa shape index (κ2) is 6.70. The summed E-state index contributed by atoms with van der Waals surface area (Å²) in [7, 11) is 1.32. The first kappa shape index (κ1) is 14.9. The average molecular weight is 258 g/mol. The molecule has 1 aliphatic rings. The molecule has 1 rings (SSSR count). The van der Waals surface area contributed by atoms with E-state index in [0.717, 1.165) is 0 Å². The molecule has 1 N–H and O–H groups in total. The lowest BCUT2D eigenvalue weighted by molar-refractivity contribution is -0.146. The highest BCUT2D eigenvalue weighted by atomic mass is 16.5. The second-order valence-electron chi connectivity index (χ2n) is 4.42. The zero-order valence-electron chi connectivity index (χ0n) is 11.3. The highest BCUT2D eigenvalue weighted by Crippen LogP contribution is 2.18. The number of methoxy groups -OCH3 is 1. The van der Waals surface area contributed by atoms with Crippen molar-refractivity contribution in [2.45, 2.75) is 32.4 Å². The summed E-state index contributed by atoms with van der Waals surface area (Å²) in [5.74, 6) is -0.415. The zero-order chi connectivity index (χ0) is 13.7. The monoisotopic (exact) mass is 258 g/mol. The standard InChI is InChI=1S/C12H22N2O4/c1-4-13(5-2)11(16)8-14-7-9(15)6-10(14)12(17)18-3/h9-10,15H,4-8H2,1-3H3. The molecular weight excluding hydrogens is 236 g/mol. The lowest BCUT2D eigenvalue weighted by Crippen LogP contribution is -2.45. The molecule has 0 saturated carbocycles. The van der Waals surface area contributed by atoms with Gasteiger partial charge in [-0.2, -0.15) is 0 Å². The number of aliphatic hydroxyl groups is 1. The first-order valence-electron chi connectivity index (χ1n) is 6.31. The van der Waals surface area contributed by atoms with Gasteiger partial charge in [0.25, 0.3) is 0 Å². The van der Waals surface area contributed by atoms with E-state index in [-0.39, 0.29) is 18.4 Å². The van der Waals surface area contributed by atoms with Crippen molar-refractivity contribution < 1.29 is 19.4 Å². The molecule has 0 bridgehead atoms. The van der Waals surface area contributed by atoms with Crippen LogP contribution in [0.25, 0.3) is 0 Å². The molecule has 0 aromatic rings. The van der Waals surface area contributed by atoms with E-state index in [9.17, 15) is 14.7 Å². The van der Waals surface area contributed by atoms with Crippen molar-refractivity contribution in [2.24, 2.45) is 0 Å². The highest BCUT2D eigenvalue weighted by Gasteiger charge is 2.37. The van der Waals surface area contributed by atoms with E-state index >= 15 is 0 Å². The van der Waals surface area contributed by atoms with Crippen LogP contribution in [0.5, 0.6) is 0 Å². The summed E-state index contributed by atoms with van der Waals surface area (Å²) in [6.45, 7) is 5.62. The van der Waals surface area contributed by atoms with Crippen molar-refractivity contribution in [3.63, 3.8) is 0 Å². The molecule has 6 heteroatoms. The van der Waals surface area contributed by atoms with Gasteiger partial charge in [0.15, 0.2) is 0 Å². The number of hydrogen-bond acceptors (Lipinski definition) is 5. The largest absolute Gasteiger partial charge is 0.468 e. The van der Waals surface area contributed by atoms with E-state index in [1.807, 2.05) is 13.8 Å². The molecule has 104 valence electrons. The van der Waals surface area contributed by atoms with Gasteiger partial charge in [0.05, 0.1) is 19.8 Å². The molecule has 1 aliphatic heterocycles. The van der Waals surface area contributed by atoms with Crippen LogP contribution in [0.15, 0.2) is 0 Å². The second-order valence-corrected chi connectivity index (χ2v) is 4.42. The predicted octanol–water partition coefficient (Wildman–Crippen LogP) is -0.537. The molecular formula is C12H22N2O4. The molecule has 0 aromatic heterocycles. The van der Waals surface area contributed by atoms with E-state index in [1.54, 1.807) is 9.80 Å². The molecule has 1 saturated heterocycles. The van der Waals surface area contributed by atoms with Crippen LogP contribution >= 0.6 is 0 Å². The number of hydrogen-bond donors (Lipinski definition) is 1. The fourth-order valence-corrected chi connectivity index (χ4v) is 2.29. The lowest BCUT2D eigenvalue weighted by Gasteiger charge is -2.25. The molecule has 1 fully saturated rings. The average Bonchev–Trinajstić information content (AvgIpc) is 2.70. The third-order valence-corrected chi connectivity index (χ3v) is 3.31. The predicted molar refractivity (Wildman–Crippen MR) is 65.9 cm³/mol. The Morgan fingerprint density at radius 1 is 1.39 bits per heavy atom. The number of likely N-dealkylation sites (N-methyl/N-ethyl adjacent to an activating group) is 1. The van der Waals surface area contributed by atoms with Crippen LogP contribution in [-0.4, -0.2) is 72.2 Å². The maximum Gasteiger partial charge on any atom is 0.323 e. The van der Waals surface area contributed by atoms with Crippen LogP contribution < -0.4 is 0 Å². The van der Waals surface area contributed by atoms with E-state index in [2.05, 4.69) is 0 Å². The van der Waals surface area contributed by atoms with Gasteiger partial charge < -0.3 is 14.7 Å². The minimum absolute atomic E-state index is 0.0250. The van der Waals surface area contributed by atoms with Crippen LogP contribution in [0.4, 0.5) is 0 Å². The van der Waals surface area contributed by atoms with Gasteiger partial charge >= 0.3 is 5.97 Å². The van der Waals surface area contributed by atoms with Gasteiger partial charge in [-0.15, -0.1) is 0 Å². The summed E-state index contributed by atoms with van der Waals surface area (Å²) in [4.78, 5) is 26.9. The Kier molecular flexibility index (Phi) is 5.55. The number of aliphatic hydroxyl groups excluding tert-OH is 1. The quantitative estimate of drug-likeness (QED) is 0.671. The molecule has 1 heterocycles. The molecule has 0 aliphatic carbocycles. The van der Waals surface area contributed by atoms with Crippen molar-refractivity contribution in [3.05, 3.63) is 0 Å². The summed E-state index contributed by atoms with van der Waals surface area (Å²) in [5, 5.41) is 9.61. The SMILES string of the molecule is CCN(CC)C(=O)CN1CC(O)CC1C(=O)OC. The van der Waals surface area contributed by atoms with Crippen molar-refractivity contribution in [1.82, 2.24) is 9.80 Å². The van der Waals surface area contributed by atoms with E-state index in [0.29, 0.717) is 26.1 Å². The summed E-state index contributed by atoms with van der Waals surface area (Å²) >= 11 is 0. The van der Waals surface area contributed by atoms with Crippen molar-refractivity contribution >= 4 is 11.9 Å². The van der Waals surface area contributed by atoms with Gasteiger partial charge in [0, 0.05) is 26.1 Å². The fraction of sp³-hybridized carbons (Fsp3) is 0.833. The minimum atomic E-state index is -0.571. The topological polar surface area (TPSA) is 70.1 Å². The Morgan fingerprint density at radius 3 is 2.50 bits per heavy atom. The van der Waals surface area contributed by atoms with Crippen LogP contribution in [-0.2, 0) is 14.3 Å². The van der Waals surface area contributed by atoms with Gasteiger partial charge in [-0.05, 0) is 13.8 Å². The Hall–Kier alpha value is -1.14. The van der Waals surface area contributed by atoms with Crippen LogP contribution in [0.1, 0.15) is 20.3 Å². The molecule has 2 atom stereocenters. The summed E-state index contributed by atoms with van der Waals surface area (Å²) in [5.41, 5.74) is 0. The van der Waals surface area contributed by atoms with Crippen molar-refractivity contribution in [2.75, 3.05) is 33.3 Å². The molecule has 1 amide bonds. The number of β-amino-alcohol motifs (C(OH)–C–C–N with tert-alkyl or cyclic N) is 1. The molecule has 0 spiro atoms. The highest BCUT2D eigenvalue weighted by molar-refractivity contribution is 5.81. The Morgan fingerprint density at radius 2 is 2.00 bits per heavy atom. The third-order valence-electron chi connectivity index (χ3n) is 3.31. The van der Waals surface area contributed by atoms with Crippen LogP contribution in [0.2, 0.25) is 0 Å². The minimum Gasteiger partial charge on any atom is -0.468 e. The van der Waals surface area contributed by atoms with Crippen molar-refractivity contribution in [3.8, 4) is 0 Å². The molecule has 0 radical (unpaired) electrons. The van der Waals surface area contributed by atoms with Crippen molar-refractivity contribution in [1.29, 1.82) is 0 Å². The lowest BCUT2D eigenvalue weighted by atomic mass is 10.2. The number of esters is 1. The Balaban J connectivity index is 2.64. The fourth-order valence-electron chi connectivity index (χ4n) is 2.29. The Labute approximate surface area is 107 Å². The smallest absolute Gasteiger partial charge is 0.323 e. The first-order chi connectivity index (χ1) is 8.53. The molecule has 0 aromatic carbocycles. The summed E-state index contributed by atoms with van der Waals surface area (Å²) in [6, 6.07) is -0.510. The number of ether oxygens (including phenoxy) is 1. The maximum atomic E-state index is 12.0. The van der Waals surface area contributed by atoms with E-state index < -0.39 is 12.1 Å². The number of likely N-dealkylation sites (tertiary alicyclic amines) is 1. The van der Waals surface area contributed by atoms with Gasteiger partial charge in [-0.1, -0.05) is 0 Å². The van der Waals surface area contributed by atoms with Crippen LogP contribution in [0, 0.1) is 0 Å². The zero-order valence-corrected chi connectivity index (χ0v) is 11.3. The molecule has 2 unspecified atom stereocenters. The maximum absolute atomic E-state index is 12.0. The third kappa shape index (κ3) is 3.43. The molecule has 18 heavy (non-hydrogen) atoms. The van der Waals surface area contributed by atoms with E-state index in [4.69, 9.17) is 4.74 Å². The normalized spacial score (nSPS) is 24.0. The number of amides is 1. The number of carbonyl (C=O) groups excluding carboxylic acids is 2. The van der Waals surface area contributed by atoms with Gasteiger partial charge in [-0.25, -0.2) is 0 Å². The Bertz CT molecular complexity index is 304. The molecule has 6 nitrogen and oxygen atoms in total. The number of nitrogens with zero attached hydrogens (tertiary/aromatic N) is 2. The van der Waals surface area contributed by atoms with Gasteiger partial charge in [-0.3, -0.25) is 14.5 Å². The van der Waals surface area contributed by atoms with E-state index in [1.165, 1.54) is 7.11 Å². The van der Waals surface area contributed by atoms with Gasteiger partial charge in [0.2, 0.25) is 5.91 Å². The number of carbonyl (C=O) groups is 2. The first-order valence-corrected chi connectivity index (χ1v) is 6.31. The summed E-state index contributed by atoms with van der Waals surface area (Å²) in [6.07, 6.45) is -0.239. The number of rotatable bonds is 5.